The third-order valence-electron chi connectivity index (χ3n) is 5.66. The SMILES string of the molecule is Cc1cccc(NC(=O)[C@@H](Cc2ccccc2)N2Cc3ccccc3C2=O)c1C. The van der Waals surface area contributed by atoms with Crippen molar-refractivity contribution in [2.45, 2.75) is 32.9 Å². The van der Waals surface area contributed by atoms with Gasteiger partial charge in [-0.1, -0.05) is 60.7 Å². The number of carbonyl (C=O) groups excluding carboxylic acids is 2. The Labute approximate surface area is 171 Å². The molecule has 1 N–H and O–H groups in total. The average molecular weight is 384 g/mol. The first-order valence-electron chi connectivity index (χ1n) is 9.84. The van der Waals surface area contributed by atoms with Gasteiger partial charge >= 0.3 is 0 Å². The van der Waals surface area contributed by atoms with Crippen molar-refractivity contribution >= 4 is 17.5 Å². The molecule has 1 atom stereocenters. The number of nitrogens with one attached hydrogen (secondary N) is 1. The number of hydrogen-bond acceptors (Lipinski definition) is 2. The molecule has 4 rings (SSSR count). The van der Waals surface area contributed by atoms with Crippen LogP contribution in [0.1, 0.15) is 32.6 Å². The standard InChI is InChI=1S/C25H24N2O2/c1-17-9-8-14-22(18(17)2)26-24(28)23(15-19-10-4-3-5-11-19)27-16-20-12-6-7-13-21(20)25(27)29/h3-14,23H,15-16H2,1-2H3,(H,26,28)/t23-/m1/s1. The van der Waals surface area contributed by atoms with E-state index in [0.717, 1.165) is 27.9 Å². The smallest absolute Gasteiger partial charge is 0.255 e. The first kappa shape index (κ1) is 18.9. The summed E-state index contributed by atoms with van der Waals surface area (Å²) in [5.41, 5.74) is 5.62. The normalized spacial score (nSPS) is 13.9. The third kappa shape index (κ3) is 3.79. The van der Waals surface area contributed by atoms with Gasteiger partial charge < -0.3 is 10.2 Å². The molecule has 146 valence electrons. The van der Waals surface area contributed by atoms with E-state index in [2.05, 4.69) is 5.32 Å². The van der Waals surface area contributed by atoms with Crippen molar-refractivity contribution in [3.63, 3.8) is 0 Å². The zero-order valence-corrected chi connectivity index (χ0v) is 16.7. The van der Waals surface area contributed by atoms with E-state index in [0.29, 0.717) is 18.5 Å². The Hall–Kier alpha value is -3.40. The molecule has 0 aliphatic carbocycles. The highest BCUT2D eigenvalue weighted by molar-refractivity contribution is 6.03. The van der Waals surface area contributed by atoms with Gasteiger partial charge in [0.25, 0.3) is 5.91 Å². The molecular weight excluding hydrogens is 360 g/mol. The predicted molar refractivity (Wildman–Crippen MR) is 115 cm³/mol. The number of hydrogen-bond donors (Lipinski definition) is 1. The van der Waals surface area contributed by atoms with Gasteiger partial charge in [-0.05, 0) is 48.2 Å². The Kier molecular flexibility index (Phi) is 5.17. The zero-order valence-electron chi connectivity index (χ0n) is 16.7. The van der Waals surface area contributed by atoms with Gasteiger partial charge in [0.15, 0.2) is 0 Å². The summed E-state index contributed by atoms with van der Waals surface area (Å²) < 4.78 is 0. The fourth-order valence-corrected chi connectivity index (χ4v) is 3.81. The van der Waals surface area contributed by atoms with Crippen LogP contribution in [0.5, 0.6) is 0 Å². The summed E-state index contributed by atoms with van der Waals surface area (Å²) in [7, 11) is 0. The quantitative estimate of drug-likeness (QED) is 0.704. The van der Waals surface area contributed by atoms with Gasteiger partial charge in [0.1, 0.15) is 6.04 Å². The largest absolute Gasteiger partial charge is 0.324 e. The molecule has 0 spiro atoms. The van der Waals surface area contributed by atoms with E-state index < -0.39 is 6.04 Å². The van der Waals surface area contributed by atoms with Gasteiger partial charge in [-0.25, -0.2) is 0 Å². The minimum absolute atomic E-state index is 0.0855. The van der Waals surface area contributed by atoms with Gasteiger partial charge in [-0.15, -0.1) is 0 Å². The Morgan fingerprint density at radius 2 is 1.69 bits per heavy atom. The van der Waals surface area contributed by atoms with E-state index in [4.69, 9.17) is 0 Å². The van der Waals surface area contributed by atoms with Gasteiger partial charge in [0.05, 0.1) is 0 Å². The number of carbonyl (C=O) groups is 2. The first-order chi connectivity index (χ1) is 14.0. The van der Waals surface area contributed by atoms with Crippen LogP contribution in [0.2, 0.25) is 0 Å². The molecule has 4 nitrogen and oxygen atoms in total. The summed E-state index contributed by atoms with van der Waals surface area (Å²) in [6, 6.07) is 22.7. The molecule has 0 bridgehead atoms. The number of amides is 2. The van der Waals surface area contributed by atoms with Crippen LogP contribution in [0, 0.1) is 13.8 Å². The van der Waals surface area contributed by atoms with Crippen molar-refractivity contribution in [3.05, 3.63) is 101 Å². The molecule has 1 aliphatic heterocycles. The summed E-state index contributed by atoms with van der Waals surface area (Å²) >= 11 is 0. The van der Waals surface area contributed by atoms with Crippen LogP contribution in [0.15, 0.2) is 72.8 Å². The molecule has 0 fully saturated rings. The van der Waals surface area contributed by atoms with Crippen LogP contribution < -0.4 is 5.32 Å². The fraction of sp³-hybridized carbons (Fsp3) is 0.200. The highest BCUT2D eigenvalue weighted by atomic mass is 16.2. The summed E-state index contributed by atoms with van der Waals surface area (Å²) in [5.74, 6) is -0.249. The Bertz CT molecular complexity index is 1060. The van der Waals surface area contributed by atoms with Crippen molar-refractivity contribution in [1.82, 2.24) is 4.90 Å². The first-order valence-corrected chi connectivity index (χ1v) is 9.84. The summed E-state index contributed by atoms with van der Waals surface area (Å²) in [4.78, 5) is 28.1. The van der Waals surface area contributed by atoms with Crippen molar-refractivity contribution in [3.8, 4) is 0 Å². The lowest BCUT2D eigenvalue weighted by Crippen LogP contribution is -2.45. The highest BCUT2D eigenvalue weighted by Crippen LogP contribution is 2.27. The van der Waals surface area contributed by atoms with E-state index in [9.17, 15) is 9.59 Å². The molecule has 4 heteroatoms. The molecule has 0 radical (unpaired) electrons. The number of nitrogens with zero attached hydrogens (tertiary/aromatic N) is 1. The molecule has 0 saturated carbocycles. The molecular formula is C25H24N2O2. The summed E-state index contributed by atoms with van der Waals surface area (Å²) in [6.07, 6.45) is 0.470. The summed E-state index contributed by atoms with van der Waals surface area (Å²) in [6.45, 7) is 4.47. The molecule has 3 aromatic rings. The van der Waals surface area contributed by atoms with E-state index in [1.165, 1.54) is 0 Å². The predicted octanol–water partition coefficient (Wildman–Crippen LogP) is 4.51. The van der Waals surface area contributed by atoms with Gasteiger partial charge in [-0.2, -0.15) is 0 Å². The highest BCUT2D eigenvalue weighted by Gasteiger charge is 2.36. The molecule has 1 heterocycles. The van der Waals surface area contributed by atoms with Crippen LogP contribution in [0.3, 0.4) is 0 Å². The number of aryl methyl sites for hydroxylation is 1. The van der Waals surface area contributed by atoms with E-state index >= 15 is 0 Å². The van der Waals surface area contributed by atoms with Gasteiger partial charge in [0, 0.05) is 24.2 Å². The second-order valence-electron chi connectivity index (χ2n) is 7.53. The Morgan fingerprint density at radius 3 is 2.45 bits per heavy atom. The summed E-state index contributed by atoms with van der Waals surface area (Å²) in [5, 5.41) is 3.06. The maximum atomic E-state index is 13.4. The Morgan fingerprint density at radius 1 is 0.966 bits per heavy atom. The molecule has 29 heavy (non-hydrogen) atoms. The molecule has 0 saturated heterocycles. The number of rotatable bonds is 5. The van der Waals surface area contributed by atoms with Crippen LogP contribution >= 0.6 is 0 Å². The minimum atomic E-state index is -0.586. The lowest BCUT2D eigenvalue weighted by Gasteiger charge is -2.27. The molecule has 2 amide bonds. The monoisotopic (exact) mass is 384 g/mol. The average Bonchev–Trinajstić information content (AvgIpc) is 3.07. The molecule has 1 aliphatic rings. The van der Waals surface area contributed by atoms with Gasteiger partial charge in [-0.3, -0.25) is 9.59 Å². The second-order valence-corrected chi connectivity index (χ2v) is 7.53. The topological polar surface area (TPSA) is 49.4 Å². The zero-order chi connectivity index (χ0) is 20.4. The van der Waals surface area contributed by atoms with Crippen LogP contribution in [-0.2, 0) is 17.8 Å². The maximum Gasteiger partial charge on any atom is 0.255 e. The number of benzene rings is 3. The number of anilines is 1. The Balaban J connectivity index is 1.65. The minimum Gasteiger partial charge on any atom is -0.324 e. The molecule has 3 aromatic carbocycles. The second kappa shape index (κ2) is 7.92. The van der Waals surface area contributed by atoms with E-state index in [-0.39, 0.29) is 11.8 Å². The van der Waals surface area contributed by atoms with Crippen molar-refractivity contribution < 1.29 is 9.59 Å². The molecule has 0 aromatic heterocycles. The van der Waals surface area contributed by atoms with E-state index in [1.54, 1.807) is 4.90 Å². The number of fused-ring (bicyclic) bond motifs is 1. The fourth-order valence-electron chi connectivity index (χ4n) is 3.81. The van der Waals surface area contributed by atoms with Crippen molar-refractivity contribution in [2.75, 3.05) is 5.32 Å². The maximum absolute atomic E-state index is 13.4. The van der Waals surface area contributed by atoms with Crippen LogP contribution in [0.25, 0.3) is 0 Å². The lowest BCUT2D eigenvalue weighted by molar-refractivity contribution is -0.120. The van der Waals surface area contributed by atoms with Gasteiger partial charge in [0.2, 0.25) is 5.91 Å². The van der Waals surface area contributed by atoms with Crippen molar-refractivity contribution in [2.24, 2.45) is 0 Å². The third-order valence-corrected chi connectivity index (χ3v) is 5.66. The van der Waals surface area contributed by atoms with Crippen LogP contribution in [0.4, 0.5) is 5.69 Å². The van der Waals surface area contributed by atoms with E-state index in [1.807, 2.05) is 86.6 Å². The molecule has 0 unspecified atom stereocenters. The van der Waals surface area contributed by atoms with Crippen molar-refractivity contribution in [1.29, 1.82) is 0 Å². The lowest BCUT2D eigenvalue weighted by atomic mass is 10.0. The van der Waals surface area contributed by atoms with Crippen LogP contribution in [-0.4, -0.2) is 22.8 Å².